The molecule has 0 aliphatic heterocycles. The number of nitrogens with one attached hydrogen (secondary N) is 2. The normalized spacial score (nSPS) is 11.8. The van der Waals surface area contributed by atoms with Crippen LogP contribution >= 0.6 is 11.3 Å². The summed E-state index contributed by atoms with van der Waals surface area (Å²) in [5.74, 6) is -0.704. The molecule has 0 radical (unpaired) electrons. The first-order chi connectivity index (χ1) is 15.3. The van der Waals surface area contributed by atoms with Gasteiger partial charge < -0.3 is 20.0 Å². The Labute approximate surface area is 190 Å². The number of furan rings is 1. The average Bonchev–Trinajstić information content (AvgIpc) is 3.44. The summed E-state index contributed by atoms with van der Waals surface area (Å²) in [7, 11) is 0. The van der Waals surface area contributed by atoms with Gasteiger partial charge in [0.1, 0.15) is 6.54 Å². The number of nitrogens with zero attached hydrogens (tertiary/aromatic N) is 2. The van der Waals surface area contributed by atoms with Crippen molar-refractivity contribution in [3.8, 4) is 0 Å². The molecule has 0 aliphatic carbocycles. The number of anilines is 1. The molecule has 3 aromatic rings. The maximum atomic E-state index is 12.5. The third kappa shape index (κ3) is 6.27. The van der Waals surface area contributed by atoms with Crippen LogP contribution in [0.5, 0.6) is 0 Å². The van der Waals surface area contributed by atoms with Crippen molar-refractivity contribution in [2.45, 2.75) is 39.3 Å². The zero-order valence-electron chi connectivity index (χ0n) is 18.2. The number of amides is 3. The van der Waals surface area contributed by atoms with Crippen LogP contribution in [0.25, 0.3) is 0 Å². The SMILES string of the molecule is CC(NC(=O)Cc1csc(NC(=O)CN(C(=O)c2ccco2)C(C)C)n1)c1ccccc1. The van der Waals surface area contributed by atoms with Gasteiger partial charge in [0.2, 0.25) is 11.8 Å². The van der Waals surface area contributed by atoms with Crippen molar-refractivity contribution >= 4 is 34.2 Å². The van der Waals surface area contributed by atoms with E-state index in [4.69, 9.17) is 4.42 Å². The summed E-state index contributed by atoms with van der Waals surface area (Å²) in [5, 5.41) is 7.75. The zero-order chi connectivity index (χ0) is 23.1. The van der Waals surface area contributed by atoms with Gasteiger partial charge in [0.15, 0.2) is 10.9 Å². The topological polar surface area (TPSA) is 105 Å². The van der Waals surface area contributed by atoms with Crippen molar-refractivity contribution in [2.24, 2.45) is 0 Å². The molecule has 168 valence electrons. The van der Waals surface area contributed by atoms with Crippen LogP contribution in [0.4, 0.5) is 5.13 Å². The third-order valence-corrected chi connectivity index (χ3v) is 5.55. The Bertz CT molecular complexity index is 1050. The van der Waals surface area contributed by atoms with Crippen LogP contribution in [0.15, 0.2) is 58.5 Å². The van der Waals surface area contributed by atoms with E-state index in [9.17, 15) is 14.4 Å². The van der Waals surface area contributed by atoms with E-state index in [1.807, 2.05) is 51.1 Å². The second-order valence-electron chi connectivity index (χ2n) is 7.57. The predicted molar refractivity (Wildman–Crippen MR) is 122 cm³/mol. The molecule has 2 N–H and O–H groups in total. The van der Waals surface area contributed by atoms with Crippen molar-refractivity contribution in [1.82, 2.24) is 15.2 Å². The van der Waals surface area contributed by atoms with E-state index in [-0.39, 0.29) is 48.5 Å². The van der Waals surface area contributed by atoms with Gasteiger partial charge in [-0.05, 0) is 38.5 Å². The number of benzene rings is 1. The van der Waals surface area contributed by atoms with Gasteiger partial charge in [-0.2, -0.15) is 0 Å². The molecule has 2 heterocycles. The highest BCUT2D eigenvalue weighted by atomic mass is 32.1. The highest BCUT2D eigenvalue weighted by Gasteiger charge is 2.24. The van der Waals surface area contributed by atoms with Crippen LogP contribution in [0.2, 0.25) is 0 Å². The molecule has 1 unspecified atom stereocenters. The van der Waals surface area contributed by atoms with Crippen molar-refractivity contribution in [2.75, 3.05) is 11.9 Å². The maximum Gasteiger partial charge on any atom is 0.290 e. The largest absolute Gasteiger partial charge is 0.459 e. The summed E-state index contributed by atoms with van der Waals surface area (Å²) in [6.45, 7) is 5.43. The molecule has 0 bridgehead atoms. The van der Waals surface area contributed by atoms with Gasteiger partial charge in [0.05, 0.1) is 24.4 Å². The fourth-order valence-electron chi connectivity index (χ4n) is 3.07. The minimum absolute atomic E-state index is 0.110. The summed E-state index contributed by atoms with van der Waals surface area (Å²) in [5.41, 5.74) is 1.58. The number of carbonyl (C=O) groups is 3. The lowest BCUT2D eigenvalue weighted by atomic mass is 10.1. The van der Waals surface area contributed by atoms with Crippen LogP contribution in [-0.4, -0.2) is 40.2 Å². The Morgan fingerprint density at radius 3 is 2.47 bits per heavy atom. The lowest BCUT2D eigenvalue weighted by Crippen LogP contribution is -2.42. The number of hydrogen-bond acceptors (Lipinski definition) is 6. The fourth-order valence-corrected chi connectivity index (χ4v) is 3.80. The monoisotopic (exact) mass is 454 g/mol. The van der Waals surface area contributed by atoms with Crippen molar-refractivity contribution in [3.63, 3.8) is 0 Å². The molecule has 8 nitrogen and oxygen atoms in total. The summed E-state index contributed by atoms with van der Waals surface area (Å²) < 4.78 is 5.15. The Hall–Kier alpha value is -3.46. The zero-order valence-corrected chi connectivity index (χ0v) is 19.0. The molecule has 1 atom stereocenters. The molecular weight excluding hydrogens is 428 g/mol. The van der Waals surface area contributed by atoms with Crippen LogP contribution in [0.3, 0.4) is 0 Å². The van der Waals surface area contributed by atoms with E-state index in [2.05, 4.69) is 15.6 Å². The number of thiazole rings is 1. The Morgan fingerprint density at radius 2 is 1.81 bits per heavy atom. The summed E-state index contributed by atoms with van der Waals surface area (Å²) >= 11 is 1.23. The van der Waals surface area contributed by atoms with Crippen LogP contribution in [0, 0.1) is 0 Å². The van der Waals surface area contributed by atoms with Gasteiger partial charge in [-0.3, -0.25) is 14.4 Å². The number of rotatable bonds is 9. The van der Waals surface area contributed by atoms with Gasteiger partial charge in [-0.15, -0.1) is 11.3 Å². The Balaban J connectivity index is 1.53. The number of hydrogen-bond donors (Lipinski definition) is 2. The van der Waals surface area contributed by atoms with Crippen LogP contribution < -0.4 is 10.6 Å². The number of carbonyl (C=O) groups excluding carboxylic acids is 3. The van der Waals surface area contributed by atoms with Crippen LogP contribution in [-0.2, 0) is 16.0 Å². The van der Waals surface area contributed by atoms with Gasteiger partial charge in [0.25, 0.3) is 5.91 Å². The van der Waals surface area contributed by atoms with Gasteiger partial charge in [-0.25, -0.2) is 4.98 Å². The molecule has 32 heavy (non-hydrogen) atoms. The molecule has 1 aromatic carbocycles. The standard InChI is InChI=1S/C23H26N4O4S/c1-15(2)27(22(30)19-10-7-11-31-19)13-21(29)26-23-25-18(14-32-23)12-20(28)24-16(3)17-8-5-4-6-9-17/h4-11,14-16H,12-13H2,1-3H3,(H,24,28)(H,25,26,29). The maximum absolute atomic E-state index is 12.5. The van der Waals surface area contributed by atoms with Gasteiger partial charge in [-0.1, -0.05) is 30.3 Å². The van der Waals surface area contributed by atoms with Crippen molar-refractivity contribution in [3.05, 3.63) is 71.1 Å². The average molecular weight is 455 g/mol. The summed E-state index contributed by atoms with van der Waals surface area (Å²) in [6.07, 6.45) is 1.53. The Kier molecular flexibility index (Phi) is 7.77. The Morgan fingerprint density at radius 1 is 1.06 bits per heavy atom. The lowest BCUT2D eigenvalue weighted by Gasteiger charge is -2.24. The molecule has 0 aliphatic rings. The minimum Gasteiger partial charge on any atom is -0.459 e. The fraction of sp³-hybridized carbons (Fsp3) is 0.304. The first kappa shape index (κ1) is 23.2. The molecule has 0 fully saturated rings. The van der Waals surface area contributed by atoms with E-state index >= 15 is 0 Å². The molecule has 0 saturated heterocycles. The predicted octanol–water partition coefficient (Wildman–Crippen LogP) is 3.65. The summed E-state index contributed by atoms with van der Waals surface area (Å²) in [6, 6.07) is 12.6. The molecule has 2 aromatic heterocycles. The second kappa shape index (κ2) is 10.7. The van der Waals surface area contributed by atoms with E-state index < -0.39 is 0 Å². The van der Waals surface area contributed by atoms with Gasteiger partial charge in [0, 0.05) is 11.4 Å². The van der Waals surface area contributed by atoms with E-state index in [0.29, 0.717) is 10.8 Å². The first-order valence-corrected chi connectivity index (χ1v) is 11.1. The lowest BCUT2D eigenvalue weighted by molar-refractivity contribution is -0.121. The molecule has 0 saturated carbocycles. The van der Waals surface area contributed by atoms with Gasteiger partial charge >= 0.3 is 0 Å². The molecule has 3 amide bonds. The molecular formula is C23H26N4O4S. The van der Waals surface area contributed by atoms with E-state index in [0.717, 1.165) is 5.56 Å². The minimum atomic E-state index is -0.373. The second-order valence-corrected chi connectivity index (χ2v) is 8.43. The number of aromatic nitrogens is 1. The van der Waals surface area contributed by atoms with Crippen molar-refractivity contribution < 1.29 is 18.8 Å². The summed E-state index contributed by atoms with van der Waals surface area (Å²) in [4.78, 5) is 43.1. The van der Waals surface area contributed by atoms with Crippen molar-refractivity contribution in [1.29, 1.82) is 0 Å². The molecule has 0 spiro atoms. The van der Waals surface area contributed by atoms with E-state index in [1.54, 1.807) is 17.5 Å². The third-order valence-electron chi connectivity index (χ3n) is 4.75. The molecule has 9 heteroatoms. The smallest absolute Gasteiger partial charge is 0.290 e. The molecule has 3 rings (SSSR count). The highest BCUT2D eigenvalue weighted by molar-refractivity contribution is 7.13. The van der Waals surface area contributed by atoms with Crippen LogP contribution in [0.1, 0.15) is 48.6 Å². The first-order valence-electron chi connectivity index (χ1n) is 10.3. The van der Waals surface area contributed by atoms with E-state index in [1.165, 1.54) is 22.5 Å². The quantitative estimate of drug-likeness (QED) is 0.514. The highest BCUT2D eigenvalue weighted by Crippen LogP contribution is 2.17.